The van der Waals surface area contributed by atoms with Crippen molar-refractivity contribution in [2.24, 2.45) is 0 Å². The van der Waals surface area contributed by atoms with Gasteiger partial charge in [0.15, 0.2) is 6.10 Å². The fourth-order valence-electron chi connectivity index (χ4n) is 0.966. The number of rotatable bonds is 3. The molecule has 1 aromatic rings. The van der Waals surface area contributed by atoms with Crippen LogP contribution in [0.1, 0.15) is 5.56 Å². The molecule has 0 aliphatic carbocycles. The van der Waals surface area contributed by atoms with E-state index in [9.17, 15) is 9.90 Å². The van der Waals surface area contributed by atoms with Gasteiger partial charge in [-0.3, -0.25) is 0 Å². The van der Waals surface area contributed by atoms with Crippen LogP contribution in [0.3, 0.4) is 0 Å². The van der Waals surface area contributed by atoms with E-state index in [-0.39, 0.29) is 0 Å². The lowest BCUT2D eigenvalue weighted by Crippen LogP contribution is -2.18. The van der Waals surface area contributed by atoms with E-state index in [4.69, 9.17) is 0 Å². The number of ether oxygens (including phenoxy) is 1. The molecule has 0 aliphatic heterocycles. The molecule has 0 fully saturated rings. The van der Waals surface area contributed by atoms with Gasteiger partial charge in [0.25, 0.3) is 0 Å². The number of benzene rings is 1. The maximum absolute atomic E-state index is 10.8. The van der Waals surface area contributed by atoms with Crippen molar-refractivity contribution in [3.63, 3.8) is 0 Å². The summed E-state index contributed by atoms with van der Waals surface area (Å²) in [6.45, 7) is 0. The average molecular weight is 192 g/mol. The van der Waals surface area contributed by atoms with E-state index in [1.807, 2.05) is 30.3 Å². The summed E-state index contributed by atoms with van der Waals surface area (Å²) in [4.78, 5) is 10.8. The third kappa shape index (κ3) is 3.03. The second-order valence-electron chi connectivity index (χ2n) is 2.74. The van der Waals surface area contributed by atoms with Crippen molar-refractivity contribution < 1.29 is 14.6 Å². The van der Waals surface area contributed by atoms with Crippen LogP contribution in [-0.2, 0) is 9.53 Å². The molecule has 0 spiro atoms. The van der Waals surface area contributed by atoms with Gasteiger partial charge in [0, 0.05) is 0 Å². The molecule has 1 rings (SSSR count). The molecule has 14 heavy (non-hydrogen) atoms. The Morgan fingerprint density at radius 3 is 2.64 bits per heavy atom. The van der Waals surface area contributed by atoms with Crippen molar-refractivity contribution in [2.75, 3.05) is 7.11 Å². The van der Waals surface area contributed by atoms with Gasteiger partial charge in [0.05, 0.1) is 7.11 Å². The number of carbonyl (C=O) groups is 1. The molecule has 0 radical (unpaired) electrons. The third-order valence-electron chi connectivity index (χ3n) is 1.71. The first-order valence-corrected chi connectivity index (χ1v) is 4.23. The summed E-state index contributed by atoms with van der Waals surface area (Å²) in [5.74, 6) is -0.655. The van der Waals surface area contributed by atoms with Crippen LogP contribution in [0.5, 0.6) is 0 Å². The molecule has 3 nitrogen and oxygen atoms in total. The minimum atomic E-state index is -1.19. The molecule has 0 aliphatic rings. The third-order valence-corrected chi connectivity index (χ3v) is 1.71. The Balaban J connectivity index is 2.60. The second-order valence-corrected chi connectivity index (χ2v) is 2.74. The maximum Gasteiger partial charge on any atom is 0.338 e. The lowest BCUT2D eigenvalue weighted by atomic mass is 10.2. The van der Waals surface area contributed by atoms with E-state index >= 15 is 0 Å². The van der Waals surface area contributed by atoms with Gasteiger partial charge in [-0.05, 0) is 11.6 Å². The van der Waals surface area contributed by atoms with Crippen LogP contribution in [0.25, 0.3) is 6.08 Å². The van der Waals surface area contributed by atoms with Gasteiger partial charge < -0.3 is 9.84 Å². The van der Waals surface area contributed by atoms with Crippen LogP contribution in [-0.4, -0.2) is 24.3 Å². The molecule has 0 heterocycles. The second kappa shape index (κ2) is 5.19. The summed E-state index contributed by atoms with van der Waals surface area (Å²) in [5, 5.41) is 9.22. The fraction of sp³-hybridized carbons (Fsp3) is 0.182. The monoisotopic (exact) mass is 192 g/mol. The minimum absolute atomic E-state index is 0.655. The predicted molar refractivity (Wildman–Crippen MR) is 53.5 cm³/mol. The molecule has 1 atom stereocenters. The maximum atomic E-state index is 10.8. The van der Waals surface area contributed by atoms with E-state index in [1.54, 1.807) is 6.08 Å². The highest BCUT2D eigenvalue weighted by molar-refractivity contribution is 5.77. The smallest absolute Gasteiger partial charge is 0.338 e. The highest BCUT2D eigenvalue weighted by Gasteiger charge is 2.09. The van der Waals surface area contributed by atoms with Gasteiger partial charge in [-0.1, -0.05) is 36.4 Å². The molecule has 0 bridgehead atoms. The van der Waals surface area contributed by atoms with Crippen LogP contribution in [0.2, 0.25) is 0 Å². The molecule has 74 valence electrons. The summed E-state index contributed by atoms with van der Waals surface area (Å²) in [7, 11) is 1.24. The van der Waals surface area contributed by atoms with E-state index in [1.165, 1.54) is 13.2 Å². The molecule has 0 saturated carbocycles. The van der Waals surface area contributed by atoms with Gasteiger partial charge >= 0.3 is 5.97 Å². The summed E-state index contributed by atoms with van der Waals surface area (Å²) >= 11 is 0. The Kier molecular flexibility index (Phi) is 3.88. The van der Waals surface area contributed by atoms with Crippen LogP contribution in [0, 0.1) is 0 Å². The van der Waals surface area contributed by atoms with Crippen molar-refractivity contribution in [3.8, 4) is 0 Å². The van der Waals surface area contributed by atoms with Gasteiger partial charge in [-0.15, -0.1) is 0 Å². The standard InChI is InChI=1S/C11H12O3/c1-14-11(13)10(12)8-7-9-5-3-2-4-6-9/h2-8,10,12H,1H3/b8-7+. The molecule has 3 heteroatoms. The van der Waals surface area contributed by atoms with Crippen LogP contribution < -0.4 is 0 Å². The Morgan fingerprint density at radius 2 is 2.07 bits per heavy atom. The Bertz CT molecular complexity index is 317. The largest absolute Gasteiger partial charge is 0.467 e. The van der Waals surface area contributed by atoms with E-state index in [0.717, 1.165) is 5.56 Å². The zero-order valence-electron chi connectivity index (χ0n) is 7.88. The van der Waals surface area contributed by atoms with E-state index in [2.05, 4.69) is 4.74 Å². The Labute approximate surface area is 82.6 Å². The summed E-state index contributed by atoms with van der Waals surface area (Å²) in [6, 6.07) is 9.41. The van der Waals surface area contributed by atoms with Gasteiger partial charge in [-0.2, -0.15) is 0 Å². The summed E-state index contributed by atoms with van der Waals surface area (Å²) in [5.41, 5.74) is 0.926. The van der Waals surface area contributed by atoms with Gasteiger partial charge in [-0.25, -0.2) is 4.79 Å². The molecule has 1 N–H and O–H groups in total. The normalized spacial score (nSPS) is 12.7. The molecule has 0 amide bonds. The Hall–Kier alpha value is -1.61. The number of carbonyl (C=O) groups excluding carboxylic acids is 1. The first-order valence-electron chi connectivity index (χ1n) is 4.23. The first kappa shape index (κ1) is 10.5. The minimum Gasteiger partial charge on any atom is -0.467 e. The number of aliphatic hydroxyl groups excluding tert-OH is 1. The molecular weight excluding hydrogens is 180 g/mol. The summed E-state index contributed by atoms with van der Waals surface area (Å²) in [6.07, 6.45) is 1.86. The fourth-order valence-corrected chi connectivity index (χ4v) is 0.966. The van der Waals surface area contributed by atoms with Crippen molar-refractivity contribution in [3.05, 3.63) is 42.0 Å². The number of esters is 1. The number of methoxy groups -OCH3 is 1. The average Bonchev–Trinajstić information content (AvgIpc) is 2.26. The number of hydrogen-bond acceptors (Lipinski definition) is 3. The highest BCUT2D eigenvalue weighted by atomic mass is 16.5. The Morgan fingerprint density at radius 1 is 1.43 bits per heavy atom. The zero-order valence-corrected chi connectivity index (χ0v) is 7.88. The lowest BCUT2D eigenvalue weighted by Gasteiger charge is -2.01. The molecular formula is C11H12O3. The van der Waals surface area contributed by atoms with Crippen molar-refractivity contribution >= 4 is 12.0 Å². The lowest BCUT2D eigenvalue weighted by molar-refractivity contribution is -0.147. The van der Waals surface area contributed by atoms with E-state index < -0.39 is 12.1 Å². The van der Waals surface area contributed by atoms with Crippen molar-refractivity contribution in [1.29, 1.82) is 0 Å². The topological polar surface area (TPSA) is 46.5 Å². The van der Waals surface area contributed by atoms with Gasteiger partial charge in [0.1, 0.15) is 0 Å². The van der Waals surface area contributed by atoms with Gasteiger partial charge in [0.2, 0.25) is 0 Å². The quantitative estimate of drug-likeness (QED) is 0.733. The molecule has 1 aromatic carbocycles. The van der Waals surface area contributed by atoms with Crippen molar-refractivity contribution in [1.82, 2.24) is 0 Å². The van der Waals surface area contributed by atoms with Crippen LogP contribution >= 0.6 is 0 Å². The van der Waals surface area contributed by atoms with Crippen LogP contribution in [0.15, 0.2) is 36.4 Å². The zero-order chi connectivity index (χ0) is 10.4. The SMILES string of the molecule is COC(=O)C(O)/C=C/c1ccccc1. The molecule has 1 unspecified atom stereocenters. The highest BCUT2D eigenvalue weighted by Crippen LogP contribution is 2.02. The number of aliphatic hydroxyl groups is 1. The molecule has 0 aromatic heterocycles. The van der Waals surface area contributed by atoms with Crippen molar-refractivity contribution in [2.45, 2.75) is 6.10 Å². The first-order chi connectivity index (χ1) is 6.74. The molecule has 0 saturated heterocycles. The predicted octanol–water partition coefficient (Wildman–Crippen LogP) is 1.23. The van der Waals surface area contributed by atoms with Crippen LogP contribution in [0.4, 0.5) is 0 Å². The number of hydrogen-bond donors (Lipinski definition) is 1. The van der Waals surface area contributed by atoms with E-state index in [0.29, 0.717) is 0 Å². The summed E-state index contributed by atoms with van der Waals surface area (Å²) < 4.78 is 4.36.